The lowest BCUT2D eigenvalue weighted by Crippen LogP contribution is -2.39. The highest BCUT2D eigenvalue weighted by atomic mass is 127. The molecule has 0 radical (unpaired) electrons. The molecule has 1 atom stereocenters. The molecule has 1 unspecified atom stereocenters. The molecule has 0 saturated carbocycles. The fourth-order valence-electron chi connectivity index (χ4n) is 2.60. The number of halogens is 1. The van der Waals surface area contributed by atoms with Gasteiger partial charge in [0, 0.05) is 44.6 Å². The first-order chi connectivity index (χ1) is 11.7. The van der Waals surface area contributed by atoms with E-state index in [2.05, 4.69) is 34.5 Å². The van der Waals surface area contributed by atoms with E-state index in [0.29, 0.717) is 0 Å². The Morgan fingerprint density at radius 2 is 2.20 bits per heavy atom. The quantitative estimate of drug-likeness (QED) is 0.245. The Kier molecular flexibility index (Phi) is 11.6. The fraction of sp³-hybridized carbons (Fsp3) is 0.765. The summed E-state index contributed by atoms with van der Waals surface area (Å²) in [4.78, 5) is 10.3. The molecule has 2 heterocycles. The van der Waals surface area contributed by atoms with Crippen LogP contribution in [0.1, 0.15) is 35.3 Å². The topological polar surface area (TPSA) is 67.8 Å². The van der Waals surface area contributed by atoms with Gasteiger partial charge in [-0.2, -0.15) is 0 Å². The van der Waals surface area contributed by atoms with Gasteiger partial charge in [-0.3, -0.25) is 4.99 Å². The van der Waals surface area contributed by atoms with Gasteiger partial charge < -0.3 is 20.1 Å². The lowest BCUT2D eigenvalue weighted by atomic mass is 10.3. The summed E-state index contributed by atoms with van der Waals surface area (Å²) in [6.07, 6.45) is 4.21. The van der Waals surface area contributed by atoms with Gasteiger partial charge in [0.05, 0.1) is 23.4 Å². The summed E-state index contributed by atoms with van der Waals surface area (Å²) in [7, 11) is 1.80. The fourth-order valence-corrected chi connectivity index (χ4v) is 3.63. The minimum Gasteiger partial charge on any atom is -0.379 e. The third-order valence-electron chi connectivity index (χ3n) is 3.98. The Morgan fingerprint density at radius 3 is 2.84 bits per heavy atom. The zero-order valence-corrected chi connectivity index (χ0v) is 18.6. The number of aromatic nitrogens is 1. The summed E-state index contributed by atoms with van der Waals surface area (Å²) >= 11 is 1.80. The Labute approximate surface area is 172 Å². The van der Waals surface area contributed by atoms with E-state index < -0.39 is 0 Å². The standard InChI is InChI=1S/C17H30N4O2S.HI/c1-4-15-13(2)24-16(21-15)6-9-20-17(18-3)19-8-5-10-23-14-7-11-22-12-14;/h14H,4-12H2,1-3H3,(H2,18,19,20);1H. The third kappa shape index (κ3) is 8.19. The second-order valence-corrected chi connectivity index (χ2v) is 7.14. The maximum Gasteiger partial charge on any atom is 0.190 e. The predicted molar refractivity (Wildman–Crippen MR) is 115 cm³/mol. The van der Waals surface area contributed by atoms with E-state index >= 15 is 0 Å². The average molecular weight is 482 g/mol. The molecule has 8 heteroatoms. The highest BCUT2D eigenvalue weighted by Gasteiger charge is 2.15. The van der Waals surface area contributed by atoms with Crippen LogP contribution in [0, 0.1) is 6.92 Å². The molecular weight excluding hydrogens is 451 g/mol. The predicted octanol–water partition coefficient (Wildman–Crippen LogP) is 2.54. The van der Waals surface area contributed by atoms with Crippen molar-refractivity contribution >= 4 is 41.3 Å². The van der Waals surface area contributed by atoms with Crippen molar-refractivity contribution in [3.05, 3.63) is 15.6 Å². The summed E-state index contributed by atoms with van der Waals surface area (Å²) < 4.78 is 11.0. The molecule has 25 heavy (non-hydrogen) atoms. The van der Waals surface area contributed by atoms with Gasteiger partial charge in [-0.05, 0) is 26.2 Å². The normalized spacial score (nSPS) is 17.4. The van der Waals surface area contributed by atoms with E-state index in [9.17, 15) is 0 Å². The van der Waals surface area contributed by atoms with Crippen LogP contribution in [-0.2, 0) is 22.3 Å². The number of nitrogens with one attached hydrogen (secondary N) is 2. The van der Waals surface area contributed by atoms with Crippen LogP contribution >= 0.6 is 35.3 Å². The molecule has 1 aromatic heterocycles. The van der Waals surface area contributed by atoms with E-state index in [-0.39, 0.29) is 30.1 Å². The first-order valence-corrected chi connectivity index (χ1v) is 9.63. The molecule has 0 amide bonds. The van der Waals surface area contributed by atoms with Gasteiger partial charge in [-0.25, -0.2) is 4.98 Å². The van der Waals surface area contributed by atoms with Crippen molar-refractivity contribution in [2.75, 3.05) is 40.0 Å². The Bertz CT molecular complexity index is 519. The molecule has 1 aromatic rings. The van der Waals surface area contributed by atoms with Crippen LogP contribution in [0.2, 0.25) is 0 Å². The molecule has 6 nitrogen and oxygen atoms in total. The van der Waals surface area contributed by atoms with Crippen LogP contribution < -0.4 is 10.6 Å². The molecule has 1 fully saturated rings. The molecular formula is C17H31IN4O2S. The second kappa shape index (κ2) is 12.8. The zero-order valence-electron chi connectivity index (χ0n) is 15.5. The van der Waals surface area contributed by atoms with Crippen LogP contribution in [0.25, 0.3) is 0 Å². The highest BCUT2D eigenvalue weighted by molar-refractivity contribution is 14.0. The number of aliphatic imine (C=N–C) groups is 1. The van der Waals surface area contributed by atoms with Crippen LogP contribution in [0.15, 0.2) is 4.99 Å². The van der Waals surface area contributed by atoms with Crippen molar-refractivity contribution in [2.45, 2.75) is 45.6 Å². The first-order valence-electron chi connectivity index (χ1n) is 8.82. The monoisotopic (exact) mass is 482 g/mol. The number of thiazole rings is 1. The SMILES string of the molecule is CCc1nc(CCNC(=NC)NCCCOC2CCOC2)sc1C.I. The third-order valence-corrected chi connectivity index (χ3v) is 5.05. The number of ether oxygens (including phenoxy) is 2. The van der Waals surface area contributed by atoms with Gasteiger partial charge >= 0.3 is 0 Å². The van der Waals surface area contributed by atoms with Crippen LogP contribution in [0.5, 0.6) is 0 Å². The molecule has 0 aromatic carbocycles. The lowest BCUT2D eigenvalue weighted by Gasteiger charge is -2.12. The highest BCUT2D eigenvalue weighted by Crippen LogP contribution is 2.17. The Balaban J connectivity index is 0.00000312. The van der Waals surface area contributed by atoms with Gasteiger partial charge in [-0.1, -0.05) is 6.92 Å². The molecule has 144 valence electrons. The average Bonchev–Trinajstić information content (AvgIpc) is 3.22. The molecule has 0 aliphatic carbocycles. The maximum absolute atomic E-state index is 5.75. The number of hydrogen-bond donors (Lipinski definition) is 2. The van der Waals surface area contributed by atoms with Crippen molar-refractivity contribution < 1.29 is 9.47 Å². The summed E-state index contributed by atoms with van der Waals surface area (Å²) in [5, 5.41) is 7.85. The first kappa shape index (κ1) is 22.6. The lowest BCUT2D eigenvalue weighted by molar-refractivity contribution is 0.0420. The molecule has 1 saturated heterocycles. The summed E-state index contributed by atoms with van der Waals surface area (Å²) in [6.45, 7) is 8.32. The number of nitrogens with zero attached hydrogens (tertiary/aromatic N) is 2. The molecule has 1 aliphatic heterocycles. The van der Waals surface area contributed by atoms with Crippen LogP contribution in [-0.4, -0.2) is 57.0 Å². The zero-order chi connectivity index (χ0) is 17.2. The smallest absolute Gasteiger partial charge is 0.190 e. The van der Waals surface area contributed by atoms with Crippen molar-refractivity contribution in [1.82, 2.24) is 15.6 Å². The number of guanidine groups is 1. The Morgan fingerprint density at radius 1 is 1.40 bits per heavy atom. The van der Waals surface area contributed by atoms with Gasteiger partial charge in [0.25, 0.3) is 0 Å². The number of hydrogen-bond acceptors (Lipinski definition) is 5. The number of aryl methyl sites for hydroxylation is 2. The molecule has 1 aliphatic rings. The van der Waals surface area contributed by atoms with E-state index in [4.69, 9.17) is 9.47 Å². The minimum atomic E-state index is 0. The van der Waals surface area contributed by atoms with Gasteiger partial charge in [0.1, 0.15) is 0 Å². The largest absolute Gasteiger partial charge is 0.379 e. The van der Waals surface area contributed by atoms with Crippen molar-refractivity contribution in [3.63, 3.8) is 0 Å². The maximum atomic E-state index is 5.75. The number of rotatable bonds is 9. The van der Waals surface area contributed by atoms with Crippen molar-refractivity contribution in [1.29, 1.82) is 0 Å². The molecule has 0 spiro atoms. The second-order valence-electron chi connectivity index (χ2n) is 5.85. The minimum absolute atomic E-state index is 0. The van der Waals surface area contributed by atoms with Gasteiger partial charge in [0.15, 0.2) is 5.96 Å². The van der Waals surface area contributed by atoms with E-state index in [1.54, 1.807) is 18.4 Å². The van der Waals surface area contributed by atoms with Gasteiger partial charge in [0.2, 0.25) is 0 Å². The summed E-state index contributed by atoms with van der Waals surface area (Å²) in [5.74, 6) is 0.836. The van der Waals surface area contributed by atoms with E-state index in [1.807, 2.05) is 0 Å². The Hall–Kier alpha value is -0.450. The molecule has 2 rings (SSSR count). The van der Waals surface area contributed by atoms with Crippen LogP contribution in [0.3, 0.4) is 0 Å². The van der Waals surface area contributed by atoms with Crippen LogP contribution in [0.4, 0.5) is 0 Å². The summed E-state index contributed by atoms with van der Waals surface area (Å²) in [5.41, 5.74) is 1.23. The summed E-state index contributed by atoms with van der Waals surface area (Å²) in [6, 6.07) is 0. The van der Waals surface area contributed by atoms with E-state index in [0.717, 1.165) is 64.6 Å². The molecule has 0 bridgehead atoms. The van der Waals surface area contributed by atoms with Gasteiger partial charge in [-0.15, -0.1) is 35.3 Å². The van der Waals surface area contributed by atoms with E-state index in [1.165, 1.54) is 15.6 Å². The van der Waals surface area contributed by atoms with Crippen molar-refractivity contribution in [2.24, 2.45) is 4.99 Å². The van der Waals surface area contributed by atoms with Crippen molar-refractivity contribution in [3.8, 4) is 0 Å². The molecule has 2 N–H and O–H groups in total.